The van der Waals surface area contributed by atoms with Gasteiger partial charge in [-0.3, -0.25) is 4.79 Å². The molecule has 0 spiro atoms. The summed E-state index contributed by atoms with van der Waals surface area (Å²) < 4.78 is 0. The Morgan fingerprint density at radius 2 is 0.672 bits per heavy atom. The zero-order valence-electron chi connectivity index (χ0n) is 41.6. The lowest BCUT2D eigenvalue weighted by atomic mass is 10.0. The van der Waals surface area contributed by atoms with E-state index >= 15 is 0 Å². The number of hydrogen-bond acceptors (Lipinski definition) is 4. The minimum absolute atomic E-state index is 0.0195. The van der Waals surface area contributed by atoms with Gasteiger partial charge in [0.2, 0.25) is 5.91 Å². The summed E-state index contributed by atoms with van der Waals surface area (Å²) in [6.07, 6.45) is 64.0. The van der Waals surface area contributed by atoms with Gasteiger partial charge in [0.15, 0.2) is 0 Å². The molecule has 0 aliphatic carbocycles. The molecule has 0 aromatic carbocycles. The van der Waals surface area contributed by atoms with Crippen LogP contribution in [0, 0.1) is 0 Å². The van der Waals surface area contributed by atoms with E-state index < -0.39 is 18.2 Å². The zero-order valence-corrected chi connectivity index (χ0v) is 41.6. The maximum atomic E-state index is 12.5. The Morgan fingerprint density at radius 3 is 0.951 bits per heavy atom. The number of aliphatic hydroxyl groups is 3. The molecule has 1 amide bonds. The fourth-order valence-corrected chi connectivity index (χ4v) is 9.05. The van der Waals surface area contributed by atoms with Crippen molar-refractivity contribution < 1.29 is 20.1 Å². The van der Waals surface area contributed by atoms with E-state index in [0.717, 1.165) is 25.7 Å². The number of unbranched alkanes of at least 4 members (excludes halogenated alkanes) is 43. The number of carbonyl (C=O) groups excluding carboxylic acids is 1. The number of amides is 1. The lowest BCUT2D eigenvalue weighted by Crippen LogP contribution is -2.45. The van der Waals surface area contributed by atoms with Crippen LogP contribution >= 0.6 is 0 Å². The Kier molecular flexibility index (Phi) is 51.0. The van der Waals surface area contributed by atoms with Crippen molar-refractivity contribution in [1.29, 1.82) is 0 Å². The molecule has 0 aliphatic heterocycles. The van der Waals surface area contributed by atoms with Crippen molar-refractivity contribution >= 4 is 5.91 Å². The summed E-state index contributed by atoms with van der Waals surface area (Å²) in [5.41, 5.74) is 0. The number of hydrogen-bond donors (Lipinski definition) is 4. The van der Waals surface area contributed by atoms with E-state index in [1.807, 2.05) is 6.08 Å². The second-order valence-electron chi connectivity index (χ2n) is 19.6. The van der Waals surface area contributed by atoms with Gasteiger partial charge in [-0.05, 0) is 19.3 Å². The normalized spacial score (nSPS) is 13.3. The first kappa shape index (κ1) is 60.1. The van der Waals surface area contributed by atoms with Crippen molar-refractivity contribution in [2.24, 2.45) is 0 Å². The van der Waals surface area contributed by atoms with Crippen molar-refractivity contribution in [3.63, 3.8) is 0 Å². The third-order valence-corrected chi connectivity index (χ3v) is 13.3. The highest BCUT2D eigenvalue weighted by molar-refractivity contribution is 5.76. The van der Waals surface area contributed by atoms with E-state index in [2.05, 4.69) is 19.2 Å². The molecule has 3 unspecified atom stereocenters. The fraction of sp³-hybridized carbons (Fsp3) is 0.946. The average molecular weight is 863 g/mol. The maximum Gasteiger partial charge on any atom is 0.222 e. The number of aliphatic hydroxyl groups excluding tert-OH is 3. The predicted octanol–water partition coefficient (Wildman–Crippen LogP) is 17.1. The molecule has 0 saturated heterocycles. The molecule has 0 bridgehead atoms. The van der Waals surface area contributed by atoms with Gasteiger partial charge in [-0.25, -0.2) is 0 Å². The summed E-state index contributed by atoms with van der Waals surface area (Å²) in [6, 6.07) is -0.741. The van der Waals surface area contributed by atoms with Crippen LogP contribution in [-0.2, 0) is 4.79 Å². The van der Waals surface area contributed by atoms with Gasteiger partial charge < -0.3 is 20.6 Å². The van der Waals surface area contributed by atoms with Crippen molar-refractivity contribution in [2.75, 3.05) is 6.61 Å². The highest BCUT2D eigenvalue weighted by atomic mass is 16.3. The van der Waals surface area contributed by atoms with E-state index in [-0.39, 0.29) is 18.9 Å². The second-order valence-corrected chi connectivity index (χ2v) is 19.6. The monoisotopic (exact) mass is 862 g/mol. The van der Waals surface area contributed by atoms with Crippen LogP contribution < -0.4 is 5.32 Å². The number of carbonyl (C=O) groups is 1. The van der Waals surface area contributed by atoms with Gasteiger partial charge in [-0.2, -0.15) is 0 Å². The molecule has 364 valence electrons. The quantitative estimate of drug-likeness (QED) is 0.0362. The molecule has 3 atom stereocenters. The van der Waals surface area contributed by atoms with E-state index in [0.29, 0.717) is 6.42 Å². The van der Waals surface area contributed by atoms with Gasteiger partial charge in [0, 0.05) is 0 Å². The molecular weight excluding hydrogens is 751 g/mol. The molecule has 4 N–H and O–H groups in total. The van der Waals surface area contributed by atoms with Crippen LogP contribution in [0.4, 0.5) is 0 Å². The Bertz CT molecular complexity index is 864. The Hall–Kier alpha value is -0.910. The molecule has 0 radical (unpaired) electrons. The maximum absolute atomic E-state index is 12.5. The second kappa shape index (κ2) is 51.7. The molecule has 5 heteroatoms. The van der Waals surface area contributed by atoms with Crippen LogP contribution in [0.3, 0.4) is 0 Å². The van der Waals surface area contributed by atoms with Gasteiger partial charge in [-0.1, -0.05) is 302 Å². The molecular formula is C56H111NO4. The summed E-state index contributed by atoms with van der Waals surface area (Å²) in [6.45, 7) is 4.26. The summed E-state index contributed by atoms with van der Waals surface area (Å²) in [5.74, 6) is -0.308. The smallest absolute Gasteiger partial charge is 0.222 e. The summed E-state index contributed by atoms with van der Waals surface area (Å²) in [7, 11) is 0. The highest BCUT2D eigenvalue weighted by Gasteiger charge is 2.20. The van der Waals surface area contributed by atoms with E-state index in [1.165, 1.54) is 263 Å². The van der Waals surface area contributed by atoms with Gasteiger partial charge in [-0.15, -0.1) is 0 Å². The molecule has 5 nitrogen and oxygen atoms in total. The average Bonchev–Trinajstić information content (AvgIpc) is 3.25. The predicted molar refractivity (Wildman–Crippen MR) is 269 cm³/mol. The van der Waals surface area contributed by atoms with Gasteiger partial charge >= 0.3 is 0 Å². The minimum atomic E-state index is -0.926. The Balaban J connectivity index is 3.53. The van der Waals surface area contributed by atoms with E-state index in [1.54, 1.807) is 6.08 Å². The lowest BCUT2D eigenvalue weighted by Gasteiger charge is -2.21. The molecule has 0 aromatic heterocycles. The first-order valence-corrected chi connectivity index (χ1v) is 28.0. The molecule has 0 heterocycles. The molecule has 0 aromatic rings. The van der Waals surface area contributed by atoms with Crippen LogP contribution in [0.5, 0.6) is 0 Å². The highest BCUT2D eigenvalue weighted by Crippen LogP contribution is 2.18. The Morgan fingerprint density at radius 1 is 0.410 bits per heavy atom. The van der Waals surface area contributed by atoms with Gasteiger partial charge in [0.1, 0.15) is 0 Å². The van der Waals surface area contributed by atoms with Crippen LogP contribution in [-0.4, -0.2) is 46.1 Å². The fourth-order valence-electron chi connectivity index (χ4n) is 9.05. The topological polar surface area (TPSA) is 89.8 Å². The first-order chi connectivity index (χ1) is 30.0. The third-order valence-electron chi connectivity index (χ3n) is 13.3. The molecule has 0 fully saturated rings. The lowest BCUT2D eigenvalue weighted by molar-refractivity contribution is -0.124. The number of rotatable bonds is 52. The minimum Gasteiger partial charge on any atom is -0.394 e. The van der Waals surface area contributed by atoms with E-state index in [4.69, 9.17) is 0 Å². The van der Waals surface area contributed by atoms with Gasteiger partial charge in [0.05, 0.1) is 31.3 Å². The number of allylic oxidation sites excluding steroid dienone is 1. The zero-order chi connectivity index (χ0) is 44.4. The van der Waals surface area contributed by atoms with Crippen molar-refractivity contribution in [3.8, 4) is 0 Å². The number of nitrogens with one attached hydrogen (secondary N) is 1. The van der Waals surface area contributed by atoms with Crippen LogP contribution in [0.1, 0.15) is 316 Å². The molecule has 0 rings (SSSR count). The Labute approximate surface area is 382 Å². The third kappa shape index (κ3) is 48.4. The summed E-state index contributed by atoms with van der Waals surface area (Å²) in [4.78, 5) is 12.5. The molecule has 0 aliphatic rings. The van der Waals surface area contributed by atoms with Crippen molar-refractivity contribution in [1.82, 2.24) is 5.32 Å². The largest absolute Gasteiger partial charge is 0.394 e. The molecule has 0 saturated carbocycles. The van der Waals surface area contributed by atoms with Crippen LogP contribution in [0.2, 0.25) is 0 Å². The summed E-state index contributed by atoms with van der Waals surface area (Å²) >= 11 is 0. The van der Waals surface area contributed by atoms with Crippen molar-refractivity contribution in [2.45, 2.75) is 334 Å². The van der Waals surface area contributed by atoms with Gasteiger partial charge in [0.25, 0.3) is 0 Å². The van der Waals surface area contributed by atoms with E-state index in [9.17, 15) is 20.1 Å². The SMILES string of the molecule is CCCCCCCCCCCCCCCCCCCCC/C=C/C(O)C(CO)NC(=O)CC(O)CCCCCCCCCCCCCCCCCCCCCCCCCCC. The molecule has 61 heavy (non-hydrogen) atoms. The first-order valence-electron chi connectivity index (χ1n) is 28.0. The van der Waals surface area contributed by atoms with Crippen LogP contribution in [0.15, 0.2) is 12.2 Å². The standard InChI is InChI=1S/C56H111NO4/c1-3-5-7-9-11-13-15-17-19-21-23-25-26-27-28-30-31-33-35-37-39-41-43-45-47-49-53(59)51-56(61)57-54(52-58)55(60)50-48-46-44-42-40-38-36-34-32-29-24-22-20-18-16-14-12-10-8-6-4-2/h48,50,53-55,58-60H,3-47,49,51-52H2,1-2H3,(H,57,61)/b50-48+. The van der Waals surface area contributed by atoms with Crippen LogP contribution in [0.25, 0.3) is 0 Å². The summed E-state index contributed by atoms with van der Waals surface area (Å²) in [5, 5.41) is 33.5. The van der Waals surface area contributed by atoms with Crippen molar-refractivity contribution in [3.05, 3.63) is 12.2 Å².